The van der Waals surface area contributed by atoms with Crippen LogP contribution in [0.25, 0.3) is 10.9 Å². The second-order valence-corrected chi connectivity index (χ2v) is 8.28. The number of carbonyl (C=O) groups excluding carboxylic acids is 1. The number of ether oxygens (including phenoxy) is 2. The van der Waals surface area contributed by atoms with Crippen molar-refractivity contribution in [3.05, 3.63) is 88.5 Å². The van der Waals surface area contributed by atoms with Gasteiger partial charge in [0.15, 0.2) is 16.7 Å². The van der Waals surface area contributed by atoms with Crippen LogP contribution in [-0.4, -0.2) is 35.4 Å². The minimum atomic E-state index is -0.382. The van der Waals surface area contributed by atoms with E-state index in [1.807, 2.05) is 12.1 Å². The van der Waals surface area contributed by atoms with Gasteiger partial charge >= 0.3 is 0 Å². The zero-order valence-electron chi connectivity index (χ0n) is 18.6. The predicted molar refractivity (Wildman–Crippen MR) is 130 cm³/mol. The van der Waals surface area contributed by atoms with E-state index in [1.54, 1.807) is 49.1 Å². The lowest BCUT2D eigenvalue weighted by Crippen LogP contribution is -2.25. The van der Waals surface area contributed by atoms with Gasteiger partial charge in [0.1, 0.15) is 5.82 Å². The van der Waals surface area contributed by atoms with Crippen LogP contribution in [0.5, 0.6) is 11.5 Å². The molecule has 0 saturated carbocycles. The molecule has 4 rings (SSSR count). The van der Waals surface area contributed by atoms with Crippen molar-refractivity contribution in [2.75, 3.05) is 25.3 Å². The van der Waals surface area contributed by atoms with E-state index in [0.29, 0.717) is 33.2 Å². The van der Waals surface area contributed by atoms with Gasteiger partial charge in [-0.1, -0.05) is 30.0 Å². The molecule has 1 N–H and O–H groups in total. The van der Waals surface area contributed by atoms with E-state index in [2.05, 4.69) is 10.3 Å². The summed E-state index contributed by atoms with van der Waals surface area (Å²) >= 11 is 1.15. The standard InChI is InChI=1S/C25H22FN3O4S/c1-32-21-12-7-16(13-22(21)33-2)14-29-24(31)19-5-3-4-6-20(19)28-25(29)34-15-23(30)27-18-10-8-17(26)9-11-18/h3-13H,14-15H2,1-2H3,(H,27,30). The maximum atomic E-state index is 13.3. The Morgan fingerprint density at radius 3 is 2.50 bits per heavy atom. The SMILES string of the molecule is COc1ccc(Cn2c(SCC(=O)Nc3ccc(F)cc3)nc3ccccc3c2=O)cc1OC. The number of aromatic nitrogens is 2. The average Bonchev–Trinajstić information content (AvgIpc) is 2.86. The summed E-state index contributed by atoms with van der Waals surface area (Å²) in [6, 6.07) is 18.0. The van der Waals surface area contributed by atoms with Gasteiger partial charge in [0.25, 0.3) is 5.56 Å². The van der Waals surface area contributed by atoms with Crippen molar-refractivity contribution in [2.24, 2.45) is 0 Å². The van der Waals surface area contributed by atoms with Crippen LogP contribution in [0.3, 0.4) is 0 Å². The van der Waals surface area contributed by atoms with Gasteiger partial charge < -0.3 is 14.8 Å². The fourth-order valence-corrected chi connectivity index (χ4v) is 4.22. The second-order valence-electron chi connectivity index (χ2n) is 7.34. The first-order valence-corrected chi connectivity index (χ1v) is 11.4. The Morgan fingerprint density at radius 2 is 1.76 bits per heavy atom. The molecule has 1 heterocycles. The van der Waals surface area contributed by atoms with Gasteiger partial charge in [-0.3, -0.25) is 14.2 Å². The monoisotopic (exact) mass is 479 g/mol. The van der Waals surface area contributed by atoms with Crippen molar-refractivity contribution >= 4 is 34.3 Å². The minimum absolute atomic E-state index is 0.0219. The number of rotatable bonds is 8. The maximum absolute atomic E-state index is 13.3. The summed E-state index contributed by atoms with van der Waals surface area (Å²) in [7, 11) is 3.10. The number of nitrogens with one attached hydrogen (secondary N) is 1. The van der Waals surface area contributed by atoms with E-state index < -0.39 is 0 Å². The minimum Gasteiger partial charge on any atom is -0.493 e. The molecule has 7 nitrogen and oxygen atoms in total. The maximum Gasteiger partial charge on any atom is 0.262 e. The number of benzene rings is 3. The number of anilines is 1. The molecule has 0 unspecified atom stereocenters. The van der Waals surface area contributed by atoms with E-state index in [-0.39, 0.29) is 29.6 Å². The third-order valence-corrected chi connectivity index (χ3v) is 6.05. The van der Waals surface area contributed by atoms with Crippen LogP contribution in [-0.2, 0) is 11.3 Å². The molecule has 1 amide bonds. The smallest absolute Gasteiger partial charge is 0.262 e. The second kappa shape index (κ2) is 10.4. The fraction of sp³-hybridized carbons (Fsp3) is 0.160. The molecule has 0 spiro atoms. The molecule has 0 atom stereocenters. The van der Waals surface area contributed by atoms with Crippen LogP contribution in [0, 0.1) is 5.82 Å². The molecule has 3 aromatic carbocycles. The molecule has 174 valence electrons. The van der Waals surface area contributed by atoms with Gasteiger partial charge in [-0.15, -0.1) is 0 Å². The lowest BCUT2D eigenvalue weighted by Gasteiger charge is -2.15. The van der Waals surface area contributed by atoms with Gasteiger partial charge in [0, 0.05) is 5.69 Å². The zero-order chi connectivity index (χ0) is 24.1. The zero-order valence-corrected chi connectivity index (χ0v) is 19.4. The Bertz CT molecular complexity index is 1390. The Hall–Kier alpha value is -3.85. The number of amides is 1. The van der Waals surface area contributed by atoms with Gasteiger partial charge in [-0.05, 0) is 54.1 Å². The summed E-state index contributed by atoms with van der Waals surface area (Å²) in [5, 5.41) is 3.61. The van der Waals surface area contributed by atoms with Crippen LogP contribution in [0.15, 0.2) is 76.7 Å². The summed E-state index contributed by atoms with van der Waals surface area (Å²) in [6.07, 6.45) is 0. The third kappa shape index (κ3) is 5.20. The van der Waals surface area contributed by atoms with Crippen molar-refractivity contribution in [2.45, 2.75) is 11.7 Å². The Kier molecular flexibility index (Phi) is 7.12. The number of para-hydroxylation sites is 1. The lowest BCUT2D eigenvalue weighted by atomic mass is 10.2. The highest BCUT2D eigenvalue weighted by molar-refractivity contribution is 7.99. The van der Waals surface area contributed by atoms with E-state index in [4.69, 9.17) is 9.47 Å². The van der Waals surface area contributed by atoms with Crippen LogP contribution in [0.4, 0.5) is 10.1 Å². The summed E-state index contributed by atoms with van der Waals surface area (Å²) in [5.74, 6) is 0.481. The number of carbonyl (C=O) groups is 1. The van der Waals surface area contributed by atoms with Crippen molar-refractivity contribution in [3.63, 3.8) is 0 Å². The molecule has 0 aliphatic rings. The summed E-state index contributed by atoms with van der Waals surface area (Å²) < 4.78 is 25.3. The molecule has 9 heteroatoms. The van der Waals surface area contributed by atoms with E-state index in [9.17, 15) is 14.0 Å². The van der Waals surface area contributed by atoms with Crippen molar-refractivity contribution in [1.29, 1.82) is 0 Å². The van der Waals surface area contributed by atoms with E-state index in [1.165, 1.54) is 24.3 Å². The molecular weight excluding hydrogens is 457 g/mol. The lowest BCUT2D eigenvalue weighted by molar-refractivity contribution is -0.113. The number of halogens is 1. The molecule has 0 radical (unpaired) electrons. The highest BCUT2D eigenvalue weighted by Gasteiger charge is 2.15. The third-order valence-electron chi connectivity index (χ3n) is 5.08. The molecule has 0 aliphatic carbocycles. The molecular formula is C25H22FN3O4S. The predicted octanol–water partition coefficient (Wildman–Crippen LogP) is 4.33. The molecule has 34 heavy (non-hydrogen) atoms. The number of thioether (sulfide) groups is 1. The first-order valence-electron chi connectivity index (χ1n) is 10.4. The number of hydrogen-bond acceptors (Lipinski definition) is 6. The largest absolute Gasteiger partial charge is 0.493 e. The highest BCUT2D eigenvalue weighted by atomic mass is 32.2. The first-order chi connectivity index (χ1) is 16.5. The Morgan fingerprint density at radius 1 is 1.03 bits per heavy atom. The fourth-order valence-electron chi connectivity index (χ4n) is 3.42. The van der Waals surface area contributed by atoms with E-state index in [0.717, 1.165) is 17.3 Å². The summed E-state index contributed by atoms with van der Waals surface area (Å²) in [6.45, 7) is 0.235. The average molecular weight is 480 g/mol. The number of methoxy groups -OCH3 is 2. The van der Waals surface area contributed by atoms with Crippen molar-refractivity contribution in [3.8, 4) is 11.5 Å². The highest BCUT2D eigenvalue weighted by Crippen LogP contribution is 2.28. The van der Waals surface area contributed by atoms with Crippen LogP contribution < -0.4 is 20.3 Å². The Balaban J connectivity index is 1.63. The van der Waals surface area contributed by atoms with Crippen LogP contribution in [0.1, 0.15) is 5.56 Å². The number of hydrogen-bond donors (Lipinski definition) is 1. The van der Waals surface area contributed by atoms with Crippen molar-refractivity contribution in [1.82, 2.24) is 9.55 Å². The first kappa shape index (κ1) is 23.3. The molecule has 4 aromatic rings. The van der Waals surface area contributed by atoms with Crippen LogP contribution in [0.2, 0.25) is 0 Å². The quantitative estimate of drug-likeness (QED) is 0.299. The topological polar surface area (TPSA) is 82.5 Å². The Labute approximate surface area is 199 Å². The molecule has 0 bridgehead atoms. The van der Waals surface area contributed by atoms with E-state index >= 15 is 0 Å². The van der Waals surface area contributed by atoms with Crippen LogP contribution >= 0.6 is 11.8 Å². The number of nitrogens with zero attached hydrogens (tertiary/aromatic N) is 2. The van der Waals surface area contributed by atoms with Gasteiger partial charge in [0.2, 0.25) is 5.91 Å². The van der Waals surface area contributed by atoms with Gasteiger partial charge in [-0.25, -0.2) is 9.37 Å². The molecule has 0 saturated heterocycles. The number of fused-ring (bicyclic) bond motifs is 1. The molecule has 0 fully saturated rings. The van der Waals surface area contributed by atoms with Gasteiger partial charge in [-0.2, -0.15) is 0 Å². The van der Waals surface area contributed by atoms with Gasteiger partial charge in [0.05, 0.1) is 37.4 Å². The summed E-state index contributed by atoms with van der Waals surface area (Å²) in [5.41, 5.74) is 1.65. The molecule has 0 aliphatic heterocycles. The van der Waals surface area contributed by atoms with Crippen molar-refractivity contribution < 1.29 is 18.7 Å². The normalized spacial score (nSPS) is 10.8. The summed E-state index contributed by atoms with van der Waals surface area (Å²) in [4.78, 5) is 30.4. The molecule has 1 aromatic heterocycles.